The molecular weight excluding hydrogens is 218 g/mol. The van der Waals surface area contributed by atoms with Crippen LogP contribution in [0.1, 0.15) is 13.3 Å². The molecule has 6 nitrogen and oxygen atoms in total. The first-order valence-corrected chi connectivity index (χ1v) is 6.68. The van der Waals surface area contributed by atoms with Gasteiger partial charge in [-0.1, -0.05) is 6.92 Å². The third kappa shape index (κ3) is 5.43. The third-order valence-electron chi connectivity index (χ3n) is 2.06. The van der Waals surface area contributed by atoms with Crippen molar-refractivity contribution < 1.29 is 13.2 Å². The lowest BCUT2D eigenvalue weighted by molar-refractivity contribution is 0.0783. The number of morpholine rings is 1. The lowest BCUT2D eigenvalue weighted by Gasteiger charge is -2.23. The Hall–Kier alpha value is -0.210. The molecule has 0 bridgehead atoms. The van der Waals surface area contributed by atoms with Crippen LogP contribution in [-0.4, -0.2) is 47.3 Å². The first kappa shape index (κ1) is 12.9. The Morgan fingerprint density at radius 3 is 2.87 bits per heavy atom. The fraction of sp³-hybridized carbons (Fsp3) is 1.00. The normalized spacial score (nSPS) is 22.9. The zero-order valence-corrected chi connectivity index (χ0v) is 9.77. The van der Waals surface area contributed by atoms with E-state index in [1.165, 1.54) is 0 Å². The van der Waals surface area contributed by atoms with Gasteiger partial charge in [0.05, 0.1) is 13.2 Å². The molecule has 15 heavy (non-hydrogen) atoms. The molecule has 90 valence electrons. The Balaban J connectivity index is 2.22. The van der Waals surface area contributed by atoms with Gasteiger partial charge in [0.2, 0.25) is 0 Å². The van der Waals surface area contributed by atoms with Crippen LogP contribution in [0.4, 0.5) is 0 Å². The minimum absolute atomic E-state index is 0.0666. The fourth-order valence-corrected chi connectivity index (χ4v) is 2.24. The highest BCUT2D eigenvalue weighted by Gasteiger charge is 2.16. The number of hydrogen-bond donors (Lipinski definition) is 3. The molecule has 0 spiro atoms. The van der Waals surface area contributed by atoms with Crippen LogP contribution < -0.4 is 14.8 Å². The van der Waals surface area contributed by atoms with Crippen molar-refractivity contribution in [2.75, 3.05) is 32.8 Å². The van der Waals surface area contributed by atoms with Gasteiger partial charge in [-0.05, 0) is 6.42 Å². The summed E-state index contributed by atoms with van der Waals surface area (Å²) in [6.45, 7) is 4.75. The second-order valence-corrected chi connectivity index (χ2v) is 5.06. The molecule has 0 aromatic heterocycles. The molecule has 0 aromatic rings. The zero-order chi connectivity index (χ0) is 11.1. The van der Waals surface area contributed by atoms with Gasteiger partial charge in [-0.3, -0.25) is 0 Å². The summed E-state index contributed by atoms with van der Waals surface area (Å²) in [5, 5.41) is 3.17. The molecule has 3 N–H and O–H groups in total. The summed E-state index contributed by atoms with van der Waals surface area (Å²) in [6, 6.07) is 0.0666. The zero-order valence-electron chi connectivity index (χ0n) is 8.95. The maximum atomic E-state index is 11.3. The van der Waals surface area contributed by atoms with Gasteiger partial charge < -0.3 is 10.1 Å². The van der Waals surface area contributed by atoms with Crippen molar-refractivity contribution in [3.05, 3.63) is 0 Å². The van der Waals surface area contributed by atoms with E-state index in [0.717, 1.165) is 13.0 Å². The standard InChI is InChI=1S/C8H19N3O3S/c1-2-3-10-15(12,13)11-6-8-7-14-5-4-9-8/h8-11H,2-7H2,1H3. The quantitative estimate of drug-likeness (QED) is 0.543. The van der Waals surface area contributed by atoms with Crippen molar-refractivity contribution in [3.8, 4) is 0 Å². The van der Waals surface area contributed by atoms with Crippen molar-refractivity contribution in [3.63, 3.8) is 0 Å². The second kappa shape index (κ2) is 6.39. The molecule has 1 rings (SSSR count). The van der Waals surface area contributed by atoms with E-state index >= 15 is 0 Å². The summed E-state index contributed by atoms with van der Waals surface area (Å²) in [6.07, 6.45) is 0.783. The molecular formula is C8H19N3O3S. The van der Waals surface area contributed by atoms with E-state index in [-0.39, 0.29) is 6.04 Å². The van der Waals surface area contributed by atoms with Crippen molar-refractivity contribution in [2.45, 2.75) is 19.4 Å². The van der Waals surface area contributed by atoms with Crippen molar-refractivity contribution >= 4 is 10.2 Å². The van der Waals surface area contributed by atoms with Crippen LogP contribution >= 0.6 is 0 Å². The van der Waals surface area contributed by atoms with E-state index in [4.69, 9.17) is 4.74 Å². The van der Waals surface area contributed by atoms with Gasteiger partial charge in [-0.15, -0.1) is 0 Å². The van der Waals surface area contributed by atoms with Gasteiger partial charge in [0, 0.05) is 25.7 Å². The predicted molar refractivity (Wildman–Crippen MR) is 57.8 cm³/mol. The van der Waals surface area contributed by atoms with Crippen LogP contribution in [0, 0.1) is 0 Å². The van der Waals surface area contributed by atoms with Crippen molar-refractivity contribution in [1.82, 2.24) is 14.8 Å². The molecule has 1 aliphatic rings. The Labute approximate surface area is 90.9 Å². The summed E-state index contributed by atoms with van der Waals surface area (Å²) >= 11 is 0. The lowest BCUT2D eigenvalue weighted by Crippen LogP contribution is -2.50. The molecule has 1 unspecified atom stereocenters. The minimum atomic E-state index is -3.34. The topological polar surface area (TPSA) is 79.5 Å². The van der Waals surface area contributed by atoms with Crippen molar-refractivity contribution in [1.29, 1.82) is 0 Å². The Morgan fingerprint density at radius 2 is 2.27 bits per heavy atom. The molecule has 1 atom stereocenters. The average molecular weight is 237 g/mol. The molecule has 1 aliphatic heterocycles. The number of ether oxygens (including phenoxy) is 1. The smallest absolute Gasteiger partial charge is 0.276 e. The van der Waals surface area contributed by atoms with E-state index in [0.29, 0.717) is 26.3 Å². The first-order valence-electron chi connectivity index (χ1n) is 5.19. The van der Waals surface area contributed by atoms with Crippen molar-refractivity contribution in [2.24, 2.45) is 0 Å². The lowest BCUT2D eigenvalue weighted by atomic mass is 10.3. The van der Waals surface area contributed by atoms with E-state index < -0.39 is 10.2 Å². The van der Waals surface area contributed by atoms with Gasteiger partial charge in [-0.25, -0.2) is 9.44 Å². The number of nitrogens with one attached hydrogen (secondary N) is 3. The van der Waals surface area contributed by atoms with Gasteiger partial charge in [0.25, 0.3) is 10.2 Å². The monoisotopic (exact) mass is 237 g/mol. The Bertz CT molecular complexity index is 262. The molecule has 7 heteroatoms. The van der Waals surface area contributed by atoms with Gasteiger partial charge >= 0.3 is 0 Å². The van der Waals surface area contributed by atoms with Gasteiger partial charge in [0.15, 0.2) is 0 Å². The molecule has 1 fully saturated rings. The van der Waals surface area contributed by atoms with Crippen LogP contribution in [0.3, 0.4) is 0 Å². The molecule has 0 saturated carbocycles. The number of rotatable bonds is 6. The summed E-state index contributed by atoms with van der Waals surface area (Å²) < 4.78 is 32.8. The largest absolute Gasteiger partial charge is 0.378 e. The third-order valence-corrected chi connectivity index (χ3v) is 3.19. The maximum Gasteiger partial charge on any atom is 0.276 e. The summed E-state index contributed by atoms with van der Waals surface area (Å²) in [7, 11) is -3.34. The van der Waals surface area contributed by atoms with Crippen LogP contribution in [0.2, 0.25) is 0 Å². The van der Waals surface area contributed by atoms with E-state index in [9.17, 15) is 8.42 Å². The Kier molecular flexibility index (Phi) is 5.48. The van der Waals surface area contributed by atoms with Crippen LogP contribution in [-0.2, 0) is 14.9 Å². The second-order valence-electron chi connectivity index (χ2n) is 3.47. The highest BCUT2D eigenvalue weighted by atomic mass is 32.2. The highest BCUT2D eigenvalue weighted by molar-refractivity contribution is 7.87. The van der Waals surface area contributed by atoms with Crippen LogP contribution in [0.5, 0.6) is 0 Å². The molecule has 1 saturated heterocycles. The molecule has 1 heterocycles. The SMILES string of the molecule is CCCNS(=O)(=O)NCC1COCCN1. The predicted octanol–water partition coefficient (Wildman–Crippen LogP) is -1.19. The molecule has 0 radical (unpaired) electrons. The summed E-state index contributed by atoms with van der Waals surface area (Å²) in [4.78, 5) is 0. The maximum absolute atomic E-state index is 11.3. The highest BCUT2D eigenvalue weighted by Crippen LogP contribution is 1.91. The molecule has 0 amide bonds. The van der Waals surface area contributed by atoms with Gasteiger partial charge in [-0.2, -0.15) is 8.42 Å². The van der Waals surface area contributed by atoms with E-state index in [1.807, 2.05) is 6.92 Å². The summed E-state index contributed by atoms with van der Waals surface area (Å²) in [5.41, 5.74) is 0. The van der Waals surface area contributed by atoms with Crippen LogP contribution in [0.15, 0.2) is 0 Å². The molecule has 0 aromatic carbocycles. The van der Waals surface area contributed by atoms with Crippen LogP contribution in [0.25, 0.3) is 0 Å². The Morgan fingerprint density at radius 1 is 1.47 bits per heavy atom. The van der Waals surface area contributed by atoms with E-state index in [2.05, 4.69) is 14.8 Å². The first-order chi connectivity index (χ1) is 7.14. The molecule has 0 aliphatic carbocycles. The minimum Gasteiger partial charge on any atom is -0.378 e. The summed E-state index contributed by atoms with van der Waals surface area (Å²) in [5.74, 6) is 0. The van der Waals surface area contributed by atoms with Gasteiger partial charge in [0.1, 0.15) is 0 Å². The fourth-order valence-electron chi connectivity index (χ4n) is 1.25. The average Bonchev–Trinajstić information content (AvgIpc) is 2.25. The number of hydrogen-bond acceptors (Lipinski definition) is 4. The van der Waals surface area contributed by atoms with E-state index in [1.54, 1.807) is 0 Å².